The Balaban J connectivity index is 2.43. The molecule has 1 aromatic rings. The first kappa shape index (κ1) is 11.4. The van der Waals surface area contributed by atoms with Crippen LogP contribution in [0.3, 0.4) is 0 Å². The third-order valence-electron chi connectivity index (χ3n) is 1.69. The van der Waals surface area contributed by atoms with E-state index in [9.17, 15) is 0 Å². The molecule has 0 aromatic carbocycles. The van der Waals surface area contributed by atoms with E-state index in [2.05, 4.69) is 24.0 Å². The fourth-order valence-corrected chi connectivity index (χ4v) is 1.88. The highest BCUT2D eigenvalue weighted by molar-refractivity contribution is 7.13. The molecule has 1 heterocycles. The summed E-state index contributed by atoms with van der Waals surface area (Å²) in [5.74, 6) is 0.607. The van der Waals surface area contributed by atoms with Gasteiger partial charge in [-0.3, -0.25) is 0 Å². The molecule has 0 aliphatic heterocycles. The minimum Gasteiger partial charge on any atom is -0.466 e. The van der Waals surface area contributed by atoms with Crippen LogP contribution < -0.4 is 4.74 Å². The van der Waals surface area contributed by atoms with Gasteiger partial charge in [0.1, 0.15) is 5.01 Å². The molecule has 0 bridgehead atoms. The van der Waals surface area contributed by atoms with Crippen molar-refractivity contribution in [2.75, 3.05) is 0 Å². The van der Waals surface area contributed by atoms with Crippen LogP contribution in [0.15, 0.2) is 0 Å². The maximum absolute atomic E-state index is 8.78. The van der Waals surface area contributed by atoms with Crippen LogP contribution in [0, 0.1) is 5.92 Å². The number of nitrogens with zero attached hydrogens (tertiary/aromatic N) is 2. The standard InChI is InChI=1S/C9H16N2O2S/c1-6(2)4-7(3)13-9-11-10-8(5-12)14-9/h6-7,12H,4-5H2,1-3H3. The Morgan fingerprint density at radius 3 is 2.57 bits per heavy atom. The van der Waals surface area contributed by atoms with Gasteiger partial charge >= 0.3 is 0 Å². The SMILES string of the molecule is CC(C)CC(C)Oc1nnc(CO)s1. The molecule has 0 aliphatic rings. The average molecular weight is 216 g/mol. The van der Waals surface area contributed by atoms with Crippen LogP contribution in [0.25, 0.3) is 0 Å². The van der Waals surface area contributed by atoms with E-state index < -0.39 is 0 Å². The van der Waals surface area contributed by atoms with E-state index >= 15 is 0 Å². The predicted octanol–water partition coefficient (Wildman–Crippen LogP) is 1.84. The molecule has 14 heavy (non-hydrogen) atoms. The second-order valence-electron chi connectivity index (χ2n) is 3.68. The average Bonchev–Trinajstić information content (AvgIpc) is 2.50. The Kier molecular flexibility index (Phi) is 4.28. The Bertz CT molecular complexity index is 276. The summed E-state index contributed by atoms with van der Waals surface area (Å²) in [5.41, 5.74) is 0. The number of rotatable bonds is 5. The lowest BCUT2D eigenvalue weighted by Crippen LogP contribution is -2.14. The highest BCUT2D eigenvalue weighted by Gasteiger charge is 2.10. The minimum absolute atomic E-state index is 0.0699. The molecule has 1 rings (SSSR count). The van der Waals surface area contributed by atoms with Crippen LogP contribution in [0.5, 0.6) is 5.19 Å². The summed E-state index contributed by atoms with van der Waals surface area (Å²) < 4.78 is 5.54. The largest absolute Gasteiger partial charge is 0.466 e. The van der Waals surface area contributed by atoms with E-state index in [0.717, 1.165) is 6.42 Å². The number of aromatic nitrogens is 2. The predicted molar refractivity (Wildman–Crippen MR) is 55.4 cm³/mol. The van der Waals surface area contributed by atoms with Gasteiger partial charge in [-0.25, -0.2) is 0 Å². The summed E-state index contributed by atoms with van der Waals surface area (Å²) in [7, 11) is 0. The molecule has 0 amide bonds. The van der Waals surface area contributed by atoms with Gasteiger partial charge < -0.3 is 9.84 Å². The van der Waals surface area contributed by atoms with E-state index in [-0.39, 0.29) is 12.7 Å². The Hall–Kier alpha value is -0.680. The van der Waals surface area contributed by atoms with E-state index in [1.165, 1.54) is 11.3 Å². The molecule has 0 radical (unpaired) electrons. The molecule has 5 heteroatoms. The highest BCUT2D eigenvalue weighted by atomic mass is 32.1. The molecular weight excluding hydrogens is 200 g/mol. The van der Waals surface area contributed by atoms with Crippen LogP contribution in [0.4, 0.5) is 0 Å². The summed E-state index contributed by atoms with van der Waals surface area (Å²) in [6.07, 6.45) is 1.14. The molecule has 0 saturated heterocycles. The molecule has 0 aliphatic carbocycles. The maximum Gasteiger partial charge on any atom is 0.294 e. The summed E-state index contributed by atoms with van der Waals surface area (Å²) >= 11 is 1.29. The van der Waals surface area contributed by atoms with Crippen molar-refractivity contribution in [3.8, 4) is 5.19 Å². The van der Waals surface area contributed by atoms with Gasteiger partial charge in [0.2, 0.25) is 0 Å². The van der Waals surface area contributed by atoms with Crippen LogP contribution >= 0.6 is 11.3 Å². The smallest absolute Gasteiger partial charge is 0.294 e. The molecule has 1 aromatic heterocycles. The zero-order valence-electron chi connectivity index (χ0n) is 8.73. The molecule has 0 saturated carbocycles. The summed E-state index contributed by atoms with van der Waals surface area (Å²) in [5, 5.41) is 17.5. The lowest BCUT2D eigenvalue weighted by Gasteiger charge is -2.13. The fraction of sp³-hybridized carbons (Fsp3) is 0.778. The third kappa shape index (κ3) is 3.59. The number of hydrogen-bond acceptors (Lipinski definition) is 5. The van der Waals surface area contributed by atoms with E-state index in [0.29, 0.717) is 16.1 Å². The summed E-state index contributed by atoms with van der Waals surface area (Å²) in [6.45, 7) is 6.25. The molecule has 4 nitrogen and oxygen atoms in total. The molecular formula is C9H16N2O2S. The molecule has 80 valence electrons. The summed E-state index contributed by atoms with van der Waals surface area (Å²) in [4.78, 5) is 0. The number of aliphatic hydroxyl groups excluding tert-OH is 1. The normalized spacial score (nSPS) is 13.2. The number of ether oxygens (including phenoxy) is 1. The van der Waals surface area contributed by atoms with Crippen LogP contribution in [-0.4, -0.2) is 21.4 Å². The maximum atomic E-state index is 8.78. The highest BCUT2D eigenvalue weighted by Crippen LogP contribution is 2.20. The van der Waals surface area contributed by atoms with Gasteiger partial charge in [0, 0.05) is 0 Å². The Morgan fingerprint density at radius 2 is 2.07 bits per heavy atom. The Labute approximate surface area is 87.9 Å². The molecule has 0 fully saturated rings. The van der Waals surface area contributed by atoms with Gasteiger partial charge in [-0.1, -0.05) is 30.3 Å². The van der Waals surface area contributed by atoms with Crippen molar-refractivity contribution in [1.82, 2.24) is 10.2 Å². The van der Waals surface area contributed by atoms with Crippen molar-refractivity contribution < 1.29 is 9.84 Å². The second-order valence-corrected chi connectivity index (χ2v) is 4.70. The number of aliphatic hydroxyl groups is 1. The van der Waals surface area contributed by atoms with Gasteiger partial charge in [-0.15, -0.1) is 5.10 Å². The van der Waals surface area contributed by atoms with Crippen LogP contribution in [0.1, 0.15) is 32.2 Å². The van der Waals surface area contributed by atoms with E-state index in [4.69, 9.17) is 9.84 Å². The lowest BCUT2D eigenvalue weighted by molar-refractivity contribution is 0.191. The van der Waals surface area contributed by atoms with E-state index in [1.807, 2.05) is 6.92 Å². The van der Waals surface area contributed by atoms with Crippen LogP contribution in [0.2, 0.25) is 0 Å². The monoisotopic (exact) mass is 216 g/mol. The molecule has 1 atom stereocenters. The van der Waals surface area contributed by atoms with E-state index in [1.54, 1.807) is 0 Å². The summed E-state index contributed by atoms with van der Waals surface area (Å²) in [6, 6.07) is 0. The second kappa shape index (κ2) is 5.26. The van der Waals surface area contributed by atoms with Gasteiger partial charge in [-0.05, 0) is 19.3 Å². The molecule has 1 unspecified atom stereocenters. The van der Waals surface area contributed by atoms with Gasteiger partial charge in [-0.2, -0.15) is 0 Å². The Morgan fingerprint density at radius 1 is 1.36 bits per heavy atom. The van der Waals surface area contributed by atoms with Gasteiger partial charge in [0.25, 0.3) is 5.19 Å². The third-order valence-corrected chi connectivity index (χ3v) is 2.49. The van der Waals surface area contributed by atoms with Crippen molar-refractivity contribution >= 4 is 11.3 Å². The first-order chi connectivity index (χ1) is 6.61. The molecule has 0 spiro atoms. The van der Waals surface area contributed by atoms with Crippen LogP contribution in [-0.2, 0) is 6.61 Å². The lowest BCUT2D eigenvalue weighted by atomic mass is 10.1. The van der Waals surface area contributed by atoms with Crippen molar-refractivity contribution in [2.24, 2.45) is 5.92 Å². The minimum atomic E-state index is -0.0699. The van der Waals surface area contributed by atoms with Gasteiger partial charge in [0.15, 0.2) is 0 Å². The number of hydrogen-bond donors (Lipinski definition) is 1. The first-order valence-electron chi connectivity index (χ1n) is 4.71. The quantitative estimate of drug-likeness (QED) is 0.816. The van der Waals surface area contributed by atoms with Gasteiger partial charge in [0.05, 0.1) is 12.7 Å². The fourth-order valence-electron chi connectivity index (χ4n) is 1.23. The zero-order valence-corrected chi connectivity index (χ0v) is 9.54. The van der Waals surface area contributed by atoms with Crippen molar-refractivity contribution in [3.05, 3.63) is 5.01 Å². The topological polar surface area (TPSA) is 55.2 Å². The first-order valence-corrected chi connectivity index (χ1v) is 5.53. The van der Waals surface area contributed by atoms with Crippen molar-refractivity contribution in [3.63, 3.8) is 0 Å². The van der Waals surface area contributed by atoms with Crippen molar-refractivity contribution in [1.29, 1.82) is 0 Å². The molecule has 1 N–H and O–H groups in total. The van der Waals surface area contributed by atoms with Crippen molar-refractivity contribution in [2.45, 2.75) is 39.9 Å². The zero-order chi connectivity index (χ0) is 10.6.